The maximum absolute atomic E-state index is 12.6. The first-order valence-electron chi connectivity index (χ1n) is 5.55. The third-order valence-corrected chi connectivity index (χ3v) is 2.18. The monoisotopic (exact) mass is 233 g/mol. The SMILES string of the molecule is CC(F)O[C@H]1CCN(C(=O)OC(C)(C)C)C1. The van der Waals surface area contributed by atoms with Crippen molar-refractivity contribution in [1.29, 1.82) is 0 Å². The molecule has 0 aliphatic carbocycles. The first-order valence-corrected chi connectivity index (χ1v) is 5.55. The molecular formula is C11H20FNO3. The summed E-state index contributed by atoms with van der Waals surface area (Å²) in [6.07, 6.45) is -1.20. The zero-order valence-corrected chi connectivity index (χ0v) is 10.3. The minimum Gasteiger partial charge on any atom is -0.444 e. The van der Waals surface area contributed by atoms with Crippen molar-refractivity contribution in [3.8, 4) is 0 Å². The van der Waals surface area contributed by atoms with Crippen molar-refractivity contribution in [3.05, 3.63) is 0 Å². The van der Waals surface area contributed by atoms with Crippen molar-refractivity contribution in [3.63, 3.8) is 0 Å². The first kappa shape index (κ1) is 13.2. The second-order valence-electron chi connectivity index (χ2n) is 5.02. The van der Waals surface area contributed by atoms with Crippen LogP contribution in [0, 0.1) is 0 Å². The predicted molar refractivity (Wildman–Crippen MR) is 57.9 cm³/mol. The Morgan fingerprint density at radius 1 is 1.50 bits per heavy atom. The zero-order chi connectivity index (χ0) is 12.3. The van der Waals surface area contributed by atoms with Gasteiger partial charge in [-0.3, -0.25) is 0 Å². The van der Waals surface area contributed by atoms with Crippen LogP contribution in [0.25, 0.3) is 0 Å². The van der Waals surface area contributed by atoms with Gasteiger partial charge in [0.15, 0.2) is 6.36 Å². The molecule has 0 aromatic heterocycles. The molecule has 0 aromatic carbocycles. The molecule has 0 bridgehead atoms. The number of carbonyl (C=O) groups is 1. The Labute approximate surface area is 95.7 Å². The van der Waals surface area contributed by atoms with Gasteiger partial charge in [-0.05, 0) is 34.1 Å². The van der Waals surface area contributed by atoms with Crippen molar-refractivity contribution >= 4 is 6.09 Å². The summed E-state index contributed by atoms with van der Waals surface area (Å²) < 4.78 is 22.8. The maximum Gasteiger partial charge on any atom is 0.410 e. The van der Waals surface area contributed by atoms with Gasteiger partial charge in [0.1, 0.15) is 5.60 Å². The molecule has 4 nitrogen and oxygen atoms in total. The highest BCUT2D eigenvalue weighted by atomic mass is 19.1. The van der Waals surface area contributed by atoms with E-state index in [1.165, 1.54) is 6.92 Å². The molecule has 0 radical (unpaired) electrons. The van der Waals surface area contributed by atoms with Gasteiger partial charge in [-0.15, -0.1) is 0 Å². The summed E-state index contributed by atoms with van der Waals surface area (Å²) in [6.45, 7) is 7.77. The Morgan fingerprint density at radius 2 is 2.12 bits per heavy atom. The average molecular weight is 233 g/mol. The van der Waals surface area contributed by atoms with E-state index in [-0.39, 0.29) is 12.2 Å². The summed E-state index contributed by atoms with van der Waals surface area (Å²) in [4.78, 5) is 13.2. The lowest BCUT2D eigenvalue weighted by molar-refractivity contribution is -0.0690. The summed E-state index contributed by atoms with van der Waals surface area (Å²) in [7, 11) is 0. The lowest BCUT2D eigenvalue weighted by atomic mass is 10.2. The molecule has 1 amide bonds. The molecule has 1 fully saturated rings. The van der Waals surface area contributed by atoms with Crippen molar-refractivity contribution < 1.29 is 18.7 Å². The van der Waals surface area contributed by atoms with Gasteiger partial charge in [0.2, 0.25) is 0 Å². The van der Waals surface area contributed by atoms with E-state index in [0.717, 1.165) is 0 Å². The third kappa shape index (κ3) is 4.35. The molecule has 16 heavy (non-hydrogen) atoms. The van der Waals surface area contributed by atoms with E-state index in [1.807, 2.05) is 20.8 Å². The number of rotatable bonds is 2. The first-order chi connectivity index (χ1) is 7.28. The van der Waals surface area contributed by atoms with Crippen molar-refractivity contribution in [1.82, 2.24) is 4.90 Å². The Kier molecular flexibility index (Phi) is 4.13. The van der Waals surface area contributed by atoms with Gasteiger partial charge >= 0.3 is 6.09 Å². The number of hydrogen-bond acceptors (Lipinski definition) is 3. The molecule has 0 spiro atoms. The van der Waals surface area contributed by atoms with Crippen LogP contribution in [0.5, 0.6) is 0 Å². The van der Waals surface area contributed by atoms with Crippen LogP contribution < -0.4 is 0 Å². The number of carbonyl (C=O) groups excluding carboxylic acids is 1. The number of alkyl halides is 1. The second kappa shape index (κ2) is 4.99. The van der Waals surface area contributed by atoms with E-state index >= 15 is 0 Å². The highest BCUT2D eigenvalue weighted by Crippen LogP contribution is 2.18. The molecule has 5 heteroatoms. The van der Waals surface area contributed by atoms with Crippen LogP contribution in [-0.4, -0.2) is 42.1 Å². The quantitative estimate of drug-likeness (QED) is 0.734. The van der Waals surface area contributed by atoms with Gasteiger partial charge < -0.3 is 14.4 Å². The Morgan fingerprint density at radius 3 is 2.62 bits per heavy atom. The van der Waals surface area contributed by atoms with Crippen LogP contribution in [0.3, 0.4) is 0 Å². The summed E-state index contributed by atoms with van der Waals surface area (Å²) >= 11 is 0. The van der Waals surface area contributed by atoms with Crippen LogP contribution >= 0.6 is 0 Å². The molecule has 1 heterocycles. The minimum absolute atomic E-state index is 0.215. The molecule has 1 rings (SSSR count). The van der Waals surface area contributed by atoms with Crippen molar-refractivity contribution in [2.75, 3.05) is 13.1 Å². The van der Waals surface area contributed by atoms with Gasteiger partial charge in [-0.2, -0.15) is 0 Å². The summed E-state index contributed by atoms with van der Waals surface area (Å²) in [6, 6.07) is 0. The normalized spacial score (nSPS) is 23.3. The molecular weight excluding hydrogens is 213 g/mol. The lowest BCUT2D eigenvalue weighted by Crippen LogP contribution is -2.36. The second-order valence-corrected chi connectivity index (χ2v) is 5.02. The fraction of sp³-hybridized carbons (Fsp3) is 0.909. The standard InChI is InChI=1S/C11H20FNO3/c1-8(12)15-9-5-6-13(7-9)10(14)16-11(2,3)4/h8-9H,5-7H2,1-4H3/t8?,9-/m0/s1. The molecule has 2 atom stereocenters. The highest BCUT2D eigenvalue weighted by Gasteiger charge is 2.30. The predicted octanol–water partition coefficient (Wildman–Crippen LogP) is 2.33. The fourth-order valence-corrected chi connectivity index (χ4v) is 1.60. The van der Waals surface area contributed by atoms with Crippen LogP contribution in [-0.2, 0) is 9.47 Å². The number of halogens is 1. The van der Waals surface area contributed by atoms with Crippen molar-refractivity contribution in [2.24, 2.45) is 0 Å². The number of nitrogens with zero attached hydrogens (tertiary/aromatic N) is 1. The van der Waals surface area contributed by atoms with Crippen LogP contribution in [0.15, 0.2) is 0 Å². The smallest absolute Gasteiger partial charge is 0.410 e. The number of amides is 1. The molecule has 0 N–H and O–H groups in total. The van der Waals surface area contributed by atoms with E-state index < -0.39 is 12.0 Å². The summed E-state index contributed by atoms with van der Waals surface area (Å²) in [5.74, 6) is 0. The third-order valence-electron chi connectivity index (χ3n) is 2.18. The van der Waals surface area contributed by atoms with E-state index in [0.29, 0.717) is 19.5 Å². The molecule has 0 aromatic rings. The van der Waals surface area contributed by atoms with Gasteiger partial charge in [0.05, 0.1) is 12.6 Å². The van der Waals surface area contributed by atoms with E-state index in [9.17, 15) is 9.18 Å². The summed E-state index contributed by atoms with van der Waals surface area (Å²) in [5.41, 5.74) is -0.497. The fourth-order valence-electron chi connectivity index (χ4n) is 1.60. The molecule has 1 aliphatic rings. The average Bonchev–Trinajstić information content (AvgIpc) is 2.48. The van der Waals surface area contributed by atoms with Crippen LogP contribution in [0.2, 0.25) is 0 Å². The van der Waals surface area contributed by atoms with Gasteiger partial charge in [-0.25, -0.2) is 9.18 Å². The van der Waals surface area contributed by atoms with Crippen molar-refractivity contribution in [2.45, 2.75) is 52.2 Å². The highest BCUT2D eigenvalue weighted by molar-refractivity contribution is 5.68. The Bertz CT molecular complexity index is 250. The van der Waals surface area contributed by atoms with Crippen LogP contribution in [0.4, 0.5) is 9.18 Å². The van der Waals surface area contributed by atoms with Gasteiger partial charge in [0, 0.05) is 6.54 Å². The minimum atomic E-state index is -1.29. The van der Waals surface area contributed by atoms with E-state index in [1.54, 1.807) is 4.90 Å². The Balaban J connectivity index is 2.38. The topological polar surface area (TPSA) is 38.8 Å². The molecule has 1 aliphatic heterocycles. The van der Waals surface area contributed by atoms with E-state index in [2.05, 4.69) is 0 Å². The number of likely N-dealkylation sites (tertiary alicyclic amines) is 1. The zero-order valence-electron chi connectivity index (χ0n) is 10.3. The van der Waals surface area contributed by atoms with E-state index in [4.69, 9.17) is 9.47 Å². The van der Waals surface area contributed by atoms with Gasteiger partial charge in [0.25, 0.3) is 0 Å². The lowest BCUT2D eigenvalue weighted by Gasteiger charge is -2.24. The molecule has 1 unspecified atom stereocenters. The largest absolute Gasteiger partial charge is 0.444 e. The van der Waals surface area contributed by atoms with Gasteiger partial charge in [-0.1, -0.05) is 0 Å². The number of hydrogen-bond donors (Lipinski definition) is 0. The summed E-state index contributed by atoms with van der Waals surface area (Å²) in [5, 5.41) is 0. The number of ether oxygens (including phenoxy) is 2. The molecule has 94 valence electrons. The molecule has 0 saturated carbocycles. The Hall–Kier alpha value is -0.840. The van der Waals surface area contributed by atoms with Crippen LogP contribution in [0.1, 0.15) is 34.1 Å². The molecule has 1 saturated heterocycles. The maximum atomic E-state index is 12.6.